The summed E-state index contributed by atoms with van der Waals surface area (Å²) in [6.07, 6.45) is 5.01. The van der Waals surface area contributed by atoms with Crippen LogP contribution in [0.1, 0.15) is 56.8 Å². The van der Waals surface area contributed by atoms with E-state index in [-0.39, 0.29) is 11.6 Å². The summed E-state index contributed by atoms with van der Waals surface area (Å²) in [5.41, 5.74) is 6.63. The van der Waals surface area contributed by atoms with E-state index in [1.54, 1.807) is 24.3 Å². The van der Waals surface area contributed by atoms with Crippen molar-refractivity contribution in [1.29, 1.82) is 0 Å². The Bertz CT molecular complexity index is 938. The van der Waals surface area contributed by atoms with Gasteiger partial charge in [0.25, 0.3) is 0 Å². The van der Waals surface area contributed by atoms with Crippen LogP contribution in [0, 0.1) is 0 Å². The fraction of sp³-hybridized carbons (Fsp3) is 0.143. The lowest BCUT2D eigenvalue weighted by Gasteiger charge is -2.22. The molecule has 0 heterocycles. The van der Waals surface area contributed by atoms with E-state index in [0.29, 0.717) is 22.3 Å². The smallest absolute Gasteiger partial charge is 0.194 e. The normalized spacial score (nSPS) is 15.1. The van der Waals surface area contributed by atoms with Gasteiger partial charge in [0.1, 0.15) is 0 Å². The second-order valence-corrected chi connectivity index (χ2v) is 6.28. The van der Waals surface area contributed by atoms with Crippen molar-refractivity contribution in [2.75, 3.05) is 0 Å². The molecule has 0 atom stereocenters. The molecule has 0 unspecified atom stereocenters. The van der Waals surface area contributed by atoms with Gasteiger partial charge < -0.3 is 0 Å². The van der Waals surface area contributed by atoms with Crippen LogP contribution < -0.4 is 0 Å². The van der Waals surface area contributed by atoms with E-state index in [0.717, 1.165) is 23.1 Å². The maximum Gasteiger partial charge on any atom is 0.194 e. The van der Waals surface area contributed by atoms with Crippen molar-refractivity contribution in [3.63, 3.8) is 0 Å². The van der Waals surface area contributed by atoms with E-state index < -0.39 is 0 Å². The maximum absolute atomic E-state index is 12.8. The molecule has 2 aliphatic carbocycles. The fourth-order valence-corrected chi connectivity index (χ4v) is 3.44. The third kappa shape index (κ3) is 1.95. The first-order valence-electron chi connectivity index (χ1n) is 7.77. The Balaban J connectivity index is 2.00. The lowest BCUT2D eigenvalue weighted by atomic mass is 9.79. The van der Waals surface area contributed by atoms with Crippen molar-refractivity contribution < 1.29 is 9.59 Å². The highest BCUT2D eigenvalue weighted by Gasteiger charge is 2.31. The third-order valence-electron chi connectivity index (χ3n) is 4.60. The number of ketones is 2. The zero-order valence-electron chi connectivity index (χ0n) is 13.1. The van der Waals surface area contributed by atoms with Gasteiger partial charge in [-0.2, -0.15) is 0 Å². The fourth-order valence-electron chi connectivity index (χ4n) is 3.44. The molecule has 0 fully saturated rings. The Morgan fingerprint density at radius 3 is 2.04 bits per heavy atom. The van der Waals surface area contributed by atoms with E-state index in [1.165, 1.54) is 5.57 Å². The van der Waals surface area contributed by atoms with Gasteiger partial charge in [-0.05, 0) is 49.1 Å². The molecule has 23 heavy (non-hydrogen) atoms. The summed E-state index contributed by atoms with van der Waals surface area (Å²) in [6.45, 7) is 4.13. The van der Waals surface area contributed by atoms with Gasteiger partial charge in [0.2, 0.25) is 0 Å². The van der Waals surface area contributed by atoms with Crippen molar-refractivity contribution >= 4 is 17.1 Å². The van der Waals surface area contributed by atoms with Gasteiger partial charge in [0, 0.05) is 22.3 Å². The minimum absolute atomic E-state index is 0.0497. The van der Waals surface area contributed by atoms with Crippen molar-refractivity contribution in [1.82, 2.24) is 0 Å². The van der Waals surface area contributed by atoms with Gasteiger partial charge in [-0.15, -0.1) is 0 Å². The average Bonchev–Trinajstić information content (AvgIpc) is 2.57. The molecular formula is C21H16O2. The molecule has 0 saturated heterocycles. The molecule has 0 spiro atoms. The lowest BCUT2D eigenvalue weighted by molar-refractivity contribution is 0.0979. The Labute approximate surface area is 135 Å². The van der Waals surface area contributed by atoms with E-state index >= 15 is 0 Å². The molecule has 0 amide bonds. The molecule has 2 aliphatic rings. The molecule has 112 valence electrons. The van der Waals surface area contributed by atoms with E-state index in [1.807, 2.05) is 12.1 Å². The summed E-state index contributed by atoms with van der Waals surface area (Å²) in [7, 11) is 0. The molecule has 2 aromatic carbocycles. The lowest BCUT2D eigenvalue weighted by Crippen LogP contribution is -2.22. The maximum atomic E-state index is 12.8. The van der Waals surface area contributed by atoms with Crippen molar-refractivity contribution in [2.24, 2.45) is 0 Å². The molecule has 0 N–H and O–H groups in total. The summed E-state index contributed by atoms with van der Waals surface area (Å²) in [6, 6.07) is 10.9. The first-order valence-corrected chi connectivity index (χ1v) is 7.77. The van der Waals surface area contributed by atoms with Gasteiger partial charge in [0.05, 0.1) is 0 Å². The zero-order chi connectivity index (χ0) is 16.1. The average molecular weight is 300 g/mol. The van der Waals surface area contributed by atoms with Crippen LogP contribution in [0.15, 0.2) is 54.1 Å². The summed E-state index contributed by atoms with van der Waals surface area (Å²) < 4.78 is 0. The summed E-state index contributed by atoms with van der Waals surface area (Å²) in [4.78, 5) is 25.6. The minimum atomic E-state index is -0.0549. The van der Waals surface area contributed by atoms with Crippen molar-refractivity contribution in [3.05, 3.63) is 87.5 Å². The first kappa shape index (κ1) is 13.9. The Morgan fingerprint density at radius 1 is 0.826 bits per heavy atom. The molecule has 0 saturated carbocycles. The second-order valence-electron chi connectivity index (χ2n) is 6.28. The van der Waals surface area contributed by atoms with Crippen LogP contribution in [0.25, 0.3) is 5.57 Å². The monoisotopic (exact) mass is 300 g/mol. The standard InChI is InChI=1S/C21H16O2/c1-12(2)14-9-5-6-13-10-18-19(11-17(13)14)21(23)16-8-4-3-7-15(16)20(18)22/h3-5,7-11H,6H2,1-2H3. The summed E-state index contributed by atoms with van der Waals surface area (Å²) >= 11 is 0. The molecule has 0 aliphatic heterocycles. The number of carbonyl (C=O) groups is 2. The van der Waals surface area contributed by atoms with Crippen LogP contribution in [-0.4, -0.2) is 11.6 Å². The van der Waals surface area contributed by atoms with E-state index in [4.69, 9.17) is 0 Å². The largest absolute Gasteiger partial charge is 0.289 e. The number of hydrogen-bond donors (Lipinski definition) is 0. The molecule has 2 heteroatoms. The first-order chi connectivity index (χ1) is 11.1. The number of fused-ring (bicyclic) bond motifs is 3. The molecule has 2 aromatic rings. The van der Waals surface area contributed by atoms with Crippen molar-refractivity contribution in [2.45, 2.75) is 20.3 Å². The second kappa shape index (κ2) is 4.88. The zero-order valence-corrected chi connectivity index (χ0v) is 13.1. The summed E-state index contributed by atoms with van der Waals surface area (Å²) in [5, 5.41) is 0. The molecule has 2 nitrogen and oxygen atoms in total. The predicted octanol–water partition coefficient (Wildman–Crippen LogP) is 4.37. The van der Waals surface area contributed by atoms with Crippen LogP contribution in [-0.2, 0) is 6.42 Å². The quantitative estimate of drug-likeness (QED) is 0.618. The Hall–Kier alpha value is -2.74. The predicted molar refractivity (Wildman–Crippen MR) is 90.9 cm³/mol. The molecule has 0 radical (unpaired) electrons. The van der Waals surface area contributed by atoms with Gasteiger partial charge in [-0.25, -0.2) is 0 Å². The van der Waals surface area contributed by atoms with Crippen LogP contribution in [0.4, 0.5) is 0 Å². The Morgan fingerprint density at radius 2 is 1.43 bits per heavy atom. The third-order valence-corrected chi connectivity index (χ3v) is 4.60. The molecule has 0 aromatic heterocycles. The van der Waals surface area contributed by atoms with Gasteiger partial charge in [-0.3, -0.25) is 9.59 Å². The van der Waals surface area contributed by atoms with Crippen LogP contribution >= 0.6 is 0 Å². The van der Waals surface area contributed by atoms with E-state index in [9.17, 15) is 9.59 Å². The Kier molecular flexibility index (Phi) is 2.95. The number of allylic oxidation sites excluding steroid dienone is 4. The number of hydrogen-bond acceptors (Lipinski definition) is 2. The van der Waals surface area contributed by atoms with Gasteiger partial charge >= 0.3 is 0 Å². The topological polar surface area (TPSA) is 34.1 Å². The molecule has 0 bridgehead atoms. The highest BCUT2D eigenvalue weighted by molar-refractivity contribution is 6.28. The number of carbonyl (C=O) groups excluding carboxylic acids is 2. The van der Waals surface area contributed by atoms with Crippen LogP contribution in [0.3, 0.4) is 0 Å². The number of benzene rings is 2. The minimum Gasteiger partial charge on any atom is -0.289 e. The SMILES string of the molecule is CC(C)=C1C=CCc2cc3c(cc21)C(=O)c1ccccc1C3=O. The van der Waals surface area contributed by atoms with E-state index in [2.05, 4.69) is 26.0 Å². The van der Waals surface area contributed by atoms with Gasteiger partial charge in [0.15, 0.2) is 11.6 Å². The number of rotatable bonds is 0. The molecular weight excluding hydrogens is 284 g/mol. The van der Waals surface area contributed by atoms with Crippen LogP contribution in [0.5, 0.6) is 0 Å². The van der Waals surface area contributed by atoms with Crippen LogP contribution in [0.2, 0.25) is 0 Å². The molecule has 4 rings (SSSR count). The highest BCUT2D eigenvalue weighted by atomic mass is 16.1. The highest BCUT2D eigenvalue weighted by Crippen LogP contribution is 2.35. The van der Waals surface area contributed by atoms with Crippen molar-refractivity contribution in [3.8, 4) is 0 Å². The summed E-state index contributed by atoms with van der Waals surface area (Å²) in [5.74, 6) is -0.105. The van der Waals surface area contributed by atoms with Gasteiger partial charge in [-0.1, -0.05) is 42.0 Å².